The quantitative estimate of drug-likeness (QED) is 0.769. The third-order valence-electron chi connectivity index (χ3n) is 2.21. The van der Waals surface area contributed by atoms with Crippen molar-refractivity contribution in [1.82, 2.24) is 4.98 Å². The predicted molar refractivity (Wildman–Crippen MR) is 56.9 cm³/mol. The second-order valence-electron chi connectivity index (χ2n) is 3.07. The largest absolute Gasteiger partial charge is 0.384 e. The van der Waals surface area contributed by atoms with Gasteiger partial charge in [0.25, 0.3) is 0 Å². The van der Waals surface area contributed by atoms with E-state index < -0.39 is 0 Å². The van der Waals surface area contributed by atoms with Crippen LogP contribution in [0.3, 0.4) is 0 Å². The number of nitrogen functional groups attached to an aromatic ring is 1. The molecule has 0 bridgehead atoms. The lowest BCUT2D eigenvalue weighted by atomic mass is 10.2. The normalized spacial score (nSPS) is 10.1. The van der Waals surface area contributed by atoms with E-state index in [4.69, 9.17) is 5.73 Å². The molecule has 2 N–H and O–H groups in total. The van der Waals surface area contributed by atoms with Gasteiger partial charge in [-0.1, -0.05) is 0 Å². The van der Waals surface area contributed by atoms with Gasteiger partial charge >= 0.3 is 0 Å². The summed E-state index contributed by atoms with van der Waals surface area (Å²) < 4.78 is 0. The van der Waals surface area contributed by atoms with E-state index in [1.807, 2.05) is 12.3 Å². The zero-order valence-corrected chi connectivity index (χ0v) is 8.54. The summed E-state index contributed by atoms with van der Waals surface area (Å²) in [6.07, 6.45) is 1.84. The van der Waals surface area contributed by atoms with E-state index in [-0.39, 0.29) is 0 Å². The van der Waals surface area contributed by atoms with E-state index in [1.54, 1.807) is 0 Å². The van der Waals surface area contributed by atoms with Gasteiger partial charge in [0.15, 0.2) is 0 Å². The monoisotopic (exact) mass is 179 g/mol. The van der Waals surface area contributed by atoms with Crippen molar-refractivity contribution in [2.45, 2.75) is 20.8 Å². The summed E-state index contributed by atoms with van der Waals surface area (Å²) in [4.78, 5) is 6.36. The number of rotatable bonds is 3. The first-order valence-electron chi connectivity index (χ1n) is 4.66. The van der Waals surface area contributed by atoms with Crippen molar-refractivity contribution in [1.29, 1.82) is 0 Å². The molecule has 0 saturated heterocycles. The molecular weight excluding hydrogens is 162 g/mol. The summed E-state index contributed by atoms with van der Waals surface area (Å²) in [5.41, 5.74) is 7.95. The van der Waals surface area contributed by atoms with Crippen LogP contribution in [-0.2, 0) is 0 Å². The molecule has 0 aliphatic rings. The fraction of sp³-hybridized carbons (Fsp3) is 0.500. The van der Waals surface area contributed by atoms with Gasteiger partial charge < -0.3 is 10.6 Å². The smallest absolute Gasteiger partial charge is 0.123 e. The molecule has 13 heavy (non-hydrogen) atoms. The van der Waals surface area contributed by atoms with Gasteiger partial charge in [-0.05, 0) is 32.4 Å². The Morgan fingerprint density at radius 3 is 2.46 bits per heavy atom. The van der Waals surface area contributed by atoms with Crippen molar-refractivity contribution in [3.8, 4) is 0 Å². The minimum Gasteiger partial charge on any atom is -0.384 e. The van der Waals surface area contributed by atoms with Gasteiger partial charge in [0.2, 0.25) is 0 Å². The highest BCUT2D eigenvalue weighted by molar-refractivity contribution is 5.54. The number of hydrogen-bond acceptors (Lipinski definition) is 3. The number of aryl methyl sites for hydroxylation is 1. The first kappa shape index (κ1) is 9.84. The summed E-state index contributed by atoms with van der Waals surface area (Å²) in [6.45, 7) is 8.34. The van der Waals surface area contributed by atoms with E-state index in [9.17, 15) is 0 Å². The molecule has 1 aromatic heterocycles. The Bertz CT molecular complexity index is 279. The average molecular weight is 179 g/mol. The number of nitrogens with zero attached hydrogens (tertiary/aromatic N) is 2. The van der Waals surface area contributed by atoms with Crippen LogP contribution in [-0.4, -0.2) is 18.1 Å². The Kier molecular flexibility index (Phi) is 3.12. The highest BCUT2D eigenvalue weighted by Crippen LogP contribution is 2.19. The molecule has 1 rings (SSSR count). The molecule has 3 heteroatoms. The number of hydrogen-bond donors (Lipinski definition) is 1. The van der Waals surface area contributed by atoms with Crippen LogP contribution >= 0.6 is 0 Å². The van der Waals surface area contributed by atoms with E-state index in [0.717, 1.165) is 13.1 Å². The predicted octanol–water partition coefficient (Wildman–Crippen LogP) is 1.82. The Balaban J connectivity index is 2.99. The zero-order valence-electron chi connectivity index (χ0n) is 8.54. The third kappa shape index (κ3) is 2.11. The van der Waals surface area contributed by atoms with Crippen molar-refractivity contribution in [3.05, 3.63) is 17.8 Å². The average Bonchev–Trinajstić information content (AvgIpc) is 2.10. The maximum atomic E-state index is 5.58. The Labute approximate surface area is 79.6 Å². The van der Waals surface area contributed by atoms with Gasteiger partial charge in [0.1, 0.15) is 5.82 Å². The third-order valence-corrected chi connectivity index (χ3v) is 2.21. The summed E-state index contributed by atoms with van der Waals surface area (Å²) in [5.74, 6) is 0.591. The van der Waals surface area contributed by atoms with E-state index >= 15 is 0 Å². The molecule has 72 valence electrons. The summed E-state index contributed by atoms with van der Waals surface area (Å²) >= 11 is 0. The zero-order chi connectivity index (χ0) is 9.84. The SMILES string of the molecule is CCN(CC)c1cnc(N)cc1C. The molecule has 0 aromatic carbocycles. The van der Waals surface area contributed by atoms with Gasteiger partial charge in [-0.2, -0.15) is 0 Å². The molecule has 0 radical (unpaired) electrons. The summed E-state index contributed by atoms with van der Waals surface area (Å²) in [6, 6.07) is 1.91. The van der Waals surface area contributed by atoms with Gasteiger partial charge in [-0.3, -0.25) is 0 Å². The van der Waals surface area contributed by atoms with Gasteiger partial charge in [-0.15, -0.1) is 0 Å². The van der Waals surface area contributed by atoms with Crippen molar-refractivity contribution < 1.29 is 0 Å². The highest BCUT2D eigenvalue weighted by Gasteiger charge is 2.05. The molecule has 0 amide bonds. The van der Waals surface area contributed by atoms with Crippen LogP contribution in [0, 0.1) is 6.92 Å². The molecule has 0 aliphatic heterocycles. The lowest BCUT2D eigenvalue weighted by molar-refractivity contribution is 0.858. The molecule has 0 fully saturated rings. The Morgan fingerprint density at radius 2 is 2.00 bits per heavy atom. The number of nitrogens with two attached hydrogens (primary N) is 1. The fourth-order valence-electron chi connectivity index (χ4n) is 1.47. The molecule has 0 saturated carbocycles. The van der Waals surface area contributed by atoms with Gasteiger partial charge in [-0.25, -0.2) is 4.98 Å². The lowest BCUT2D eigenvalue weighted by Gasteiger charge is -2.22. The van der Waals surface area contributed by atoms with E-state index in [2.05, 4.69) is 30.7 Å². The molecule has 1 heterocycles. The number of anilines is 2. The molecule has 0 spiro atoms. The molecule has 0 atom stereocenters. The van der Waals surface area contributed by atoms with Gasteiger partial charge in [0.05, 0.1) is 11.9 Å². The van der Waals surface area contributed by atoms with Crippen LogP contribution in [0.1, 0.15) is 19.4 Å². The molecule has 1 aromatic rings. The number of pyridine rings is 1. The van der Waals surface area contributed by atoms with Crippen LogP contribution in [0.25, 0.3) is 0 Å². The Hall–Kier alpha value is -1.25. The first-order valence-corrected chi connectivity index (χ1v) is 4.66. The second kappa shape index (κ2) is 4.12. The topological polar surface area (TPSA) is 42.2 Å². The van der Waals surface area contributed by atoms with Crippen LogP contribution in [0.15, 0.2) is 12.3 Å². The molecule has 3 nitrogen and oxygen atoms in total. The van der Waals surface area contributed by atoms with Crippen LogP contribution in [0.5, 0.6) is 0 Å². The van der Waals surface area contributed by atoms with E-state index in [1.165, 1.54) is 11.3 Å². The van der Waals surface area contributed by atoms with Crippen LogP contribution < -0.4 is 10.6 Å². The number of aromatic nitrogens is 1. The standard InChI is InChI=1S/C10H17N3/c1-4-13(5-2)9-7-12-10(11)6-8(9)3/h6-7H,4-5H2,1-3H3,(H2,11,12). The maximum absolute atomic E-state index is 5.58. The first-order chi connectivity index (χ1) is 6.19. The summed E-state index contributed by atoms with van der Waals surface area (Å²) in [5, 5.41) is 0. The minimum atomic E-state index is 0.591. The van der Waals surface area contributed by atoms with Crippen molar-refractivity contribution in [2.75, 3.05) is 23.7 Å². The lowest BCUT2D eigenvalue weighted by Crippen LogP contribution is -2.22. The van der Waals surface area contributed by atoms with Crippen molar-refractivity contribution in [3.63, 3.8) is 0 Å². The van der Waals surface area contributed by atoms with Crippen molar-refractivity contribution in [2.24, 2.45) is 0 Å². The Morgan fingerprint density at radius 1 is 1.38 bits per heavy atom. The molecule has 0 aliphatic carbocycles. The van der Waals surface area contributed by atoms with Crippen LogP contribution in [0.2, 0.25) is 0 Å². The highest BCUT2D eigenvalue weighted by atomic mass is 15.1. The molecule has 0 unspecified atom stereocenters. The summed E-state index contributed by atoms with van der Waals surface area (Å²) in [7, 11) is 0. The van der Waals surface area contributed by atoms with Gasteiger partial charge in [0, 0.05) is 13.1 Å². The van der Waals surface area contributed by atoms with E-state index in [0.29, 0.717) is 5.82 Å². The fourth-order valence-corrected chi connectivity index (χ4v) is 1.47. The van der Waals surface area contributed by atoms with Crippen molar-refractivity contribution >= 4 is 11.5 Å². The minimum absolute atomic E-state index is 0.591. The van der Waals surface area contributed by atoms with Crippen LogP contribution in [0.4, 0.5) is 11.5 Å². The maximum Gasteiger partial charge on any atom is 0.123 e. The molecular formula is C10H17N3. The second-order valence-corrected chi connectivity index (χ2v) is 3.07.